The van der Waals surface area contributed by atoms with Crippen LogP contribution < -0.4 is 5.56 Å². The molecule has 5 rings (SSSR count). The summed E-state index contributed by atoms with van der Waals surface area (Å²) in [4.78, 5) is 15.0. The second-order valence-corrected chi connectivity index (χ2v) is 7.38. The smallest absolute Gasteiger partial charge is 0.262 e. The zero-order valence-corrected chi connectivity index (χ0v) is 15.8. The molecule has 1 aliphatic heterocycles. The molecule has 0 unspecified atom stereocenters. The van der Waals surface area contributed by atoms with Gasteiger partial charge < -0.3 is 0 Å². The van der Waals surface area contributed by atoms with E-state index in [-0.39, 0.29) is 5.56 Å². The highest BCUT2D eigenvalue weighted by Crippen LogP contribution is 2.19. The van der Waals surface area contributed by atoms with E-state index >= 15 is 0 Å². The van der Waals surface area contributed by atoms with Crippen LogP contribution in [0.4, 0.5) is 0 Å². The molecule has 136 valence electrons. The molecule has 0 bridgehead atoms. The van der Waals surface area contributed by atoms with Gasteiger partial charge in [0.2, 0.25) is 10.5 Å². The molecule has 0 aliphatic carbocycles. The second-order valence-electron chi connectivity index (χ2n) is 7.01. The Balaban J connectivity index is 1.60. The average Bonchev–Trinajstić information content (AvgIpc) is 3.02. The van der Waals surface area contributed by atoms with Gasteiger partial charge in [-0.15, -0.1) is 5.10 Å². The minimum Gasteiger partial charge on any atom is -0.280 e. The Bertz CT molecular complexity index is 1300. The molecule has 7 heteroatoms. The van der Waals surface area contributed by atoms with Crippen molar-refractivity contribution in [1.29, 1.82) is 0 Å². The summed E-state index contributed by atoms with van der Waals surface area (Å²) in [6.07, 6.45) is 1.03. The largest absolute Gasteiger partial charge is 0.280 e. The van der Waals surface area contributed by atoms with E-state index in [9.17, 15) is 4.79 Å². The van der Waals surface area contributed by atoms with Gasteiger partial charge >= 0.3 is 0 Å². The maximum absolute atomic E-state index is 12.6. The van der Waals surface area contributed by atoms with Crippen LogP contribution in [0.5, 0.6) is 0 Å². The van der Waals surface area contributed by atoms with E-state index in [1.807, 2.05) is 33.3 Å². The normalized spacial score (nSPS) is 14.7. The van der Waals surface area contributed by atoms with Gasteiger partial charge in [0, 0.05) is 20.1 Å². The topological polar surface area (TPSA) is 47.5 Å². The number of rotatable bonds is 2. The van der Waals surface area contributed by atoms with Crippen LogP contribution in [-0.2, 0) is 26.7 Å². The number of fused-ring (bicyclic) bond motifs is 4. The lowest BCUT2D eigenvalue weighted by Gasteiger charge is -2.28. The molecule has 0 atom stereocenters. The van der Waals surface area contributed by atoms with Gasteiger partial charge in [-0.3, -0.25) is 18.7 Å². The predicted octanol–water partition coefficient (Wildman–Crippen LogP) is 2.73. The molecule has 27 heavy (non-hydrogen) atoms. The monoisotopic (exact) mass is 377 g/mol. The molecule has 0 saturated carbocycles. The Morgan fingerprint density at radius 2 is 1.81 bits per heavy atom. The third-order valence-corrected chi connectivity index (χ3v) is 5.74. The van der Waals surface area contributed by atoms with Crippen molar-refractivity contribution in [3.05, 3.63) is 74.8 Å². The maximum Gasteiger partial charge on any atom is 0.262 e. The summed E-state index contributed by atoms with van der Waals surface area (Å²) < 4.78 is 5.89. The molecule has 0 saturated heterocycles. The van der Waals surface area contributed by atoms with E-state index in [1.54, 1.807) is 11.6 Å². The molecule has 2 aromatic heterocycles. The first kappa shape index (κ1) is 16.4. The van der Waals surface area contributed by atoms with E-state index in [0.29, 0.717) is 22.6 Å². The first-order chi connectivity index (χ1) is 13.1. The van der Waals surface area contributed by atoms with Crippen LogP contribution >= 0.6 is 12.2 Å². The Kier molecular flexibility index (Phi) is 3.73. The minimum atomic E-state index is -0.0582. The van der Waals surface area contributed by atoms with Gasteiger partial charge in [-0.05, 0) is 41.9 Å². The van der Waals surface area contributed by atoms with Crippen molar-refractivity contribution in [2.75, 3.05) is 6.54 Å². The fourth-order valence-electron chi connectivity index (χ4n) is 3.90. The third-order valence-electron chi connectivity index (χ3n) is 5.35. The summed E-state index contributed by atoms with van der Waals surface area (Å²) in [6, 6.07) is 16.1. The molecule has 0 radical (unpaired) electrons. The molecule has 0 spiro atoms. The quantitative estimate of drug-likeness (QED) is 0.504. The molecule has 1 aliphatic rings. The van der Waals surface area contributed by atoms with Crippen molar-refractivity contribution >= 4 is 28.9 Å². The lowest BCUT2D eigenvalue weighted by atomic mass is 10.0. The summed E-state index contributed by atoms with van der Waals surface area (Å²) in [6.45, 7) is 2.45. The van der Waals surface area contributed by atoms with Crippen molar-refractivity contribution in [3.63, 3.8) is 0 Å². The summed E-state index contributed by atoms with van der Waals surface area (Å²) in [5.41, 5.74) is 3.52. The van der Waals surface area contributed by atoms with Crippen LogP contribution in [0.15, 0.2) is 53.3 Å². The van der Waals surface area contributed by atoms with Crippen molar-refractivity contribution in [2.24, 2.45) is 7.05 Å². The summed E-state index contributed by atoms with van der Waals surface area (Å²) >= 11 is 5.73. The number of nitrogens with zero attached hydrogens (tertiary/aromatic N) is 5. The van der Waals surface area contributed by atoms with E-state index in [4.69, 9.17) is 12.2 Å². The predicted molar refractivity (Wildman–Crippen MR) is 107 cm³/mol. The van der Waals surface area contributed by atoms with Gasteiger partial charge in [0.05, 0.1) is 17.6 Å². The lowest BCUT2D eigenvalue weighted by molar-refractivity contribution is 0.188. The first-order valence-electron chi connectivity index (χ1n) is 9.00. The van der Waals surface area contributed by atoms with Crippen molar-refractivity contribution in [3.8, 4) is 0 Å². The number of hydrogen-bond acceptors (Lipinski definition) is 4. The Hall–Kier alpha value is -2.77. The molecule has 3 heterocycles. The zero-order chi connectivity index (χ0) is 18.5. The second kappa shape index (κ2) is 6.14. The van der Waals surface area contributed by atoms with Crippen LogP contribution in [0, 0.1) is 4.77 Å². The number of aryl methyl sites for hydroxylation is 1. The fraction of sp³-hybridized carbons (Fsp3) is 0.250. The van der Waals surface area contributed by atoms with Crippen molar-refractivity contribution in [2.45, 2.75) is 19.6 Å². The fourth-order valence-corrected chi connectivity index (χ4v) is 4.18. The summed E-state index contributed by atoms with van der Waals surface area (Å²) in [5.74, 6) is 0.570. The molecule has 2 aromatic carbocycles. The third kappa shape index (κ3) is 2.54. The Morgan fingerprint density at radius 3 is 2.67 bits per heavy atom. The van der Waals surface area contributed by atoms with Gasteiger partial charge in [0.25, 0.3) is 5.56 Å². The van der Waals surface area contributed by atoms with E-state index in [0.717, 1.165) is 25.0 Å². The molecular weight excluding hydrogens is 358 g/mol. The van der Waals surface area contributed by atoms with E-state index < -0.39 is 0 Å². The standard InChI is InChI=1S/C20H19N5OS/c1-22-18(26)16-8-4-5-9-17(16)25-19(22)21-24(20(25)27)13-23-11-10-14-6-2-3-7-15(14)12-23/h2-9H,10-13H2,1H3. The van der Waals surface area contributed by atoms with Crippen LogP contribution in [0.2, 0.25) is 0 Å². The summed E-state index contributed by atoms with van der Waals surface area (Å²) in [7, 11) is 1.74. The first-order valence-corrected chi connectivity index (χ1v) is 9.41. The average molecular weight is 377 g/mol. The van der Waals surface area contributed by atoms with Crippen molar-refractivity contribution in [1.82, 2.24) is 23.6 Å². The Labute approximate surface area is 160 Å². The molecule has 6 nitrogen and oxygen atoms in total. The molecule has 4 aromatic rings. The highest BCUT2D eigenvalue weighted by molar-refractivity contribution is 7.71. The van der Waals surface area contributed by atoms with E-state index in [1.165, 1.54) is 11.1 Å². The highest BCUT2D eigenvalue weighted by atomic mass is 32.1. The van der Waals surface area contributed by atoms with Crippen molar-refractivity contribution < 1.29 is 0 Å². The molecule has 0 N–H and O–H groups in total. The van der Waals surface area contributed by atoms with Crippen LogP contribution in [0.25, 0.3) is 16.7 Å². The number of aromatic nitrogens is 4. The highest BCUT2D eigenvalue weighted by Gasteiger charge is 2.18. The van der Waals surface area contributed by atoms with Gasteiger partial charge in [-0.25, -0.2) is 4.68 Å². The summed E-state index contributed by atoms with van der Waals surface area (Å²) in [5, 5.41) is 5.32. The van der Waals surface area contributed by atoms with Crippen LogP contribution in [0.3, 0.4) is 0 Å². The molecule has 0 fully saturated rings. The lowest BCUT2D eigenvalue weighted by Crippen LogP contribution is -2.32. The van der Waals surface area contributed by atoms with Gasteiger partial charge in [0.1, 0.15) is 0 Å². The Morgan fingerprint density at radius 1 is 1.07 bits per heavy atom. The molecule has 0 amide bonds. The maximum atomic E-state index is 12.6. The SMILES string of the molecule is Cn1c(=O)c2ccccc2n2c(=S)n(CN3CCc4ccccc4C3)nc12. The minimum absolute atomic E-state index is 0.0582. The van der Waals surface area contributed by atoms with Gasteiger partial charge in [0.15, 0.2) is 0 Å². The van der Waals surface area contributed by atoms with Crippen LogP contribution in [-0.4, -0.2) is 30.2 Å². The van der Waals surface area contributed by atoms with E-state index in [2.05, 4.69) is 34.3 Å². The number of hydrogen-bond donors (Lipinski definition) is 0. The van der Waals surface area contributed by atoms with Gasteiger partial charge in [-0.2, -0.15) is 0 Å². The number of para-hydroxylation sites is 1. The van der Waals surface area contributed by atoms with Gasteiger partial charge in [-0.1, -0.05) is 36.4 Å². The molecular formula is C20H19N5OS. The number of benzene rings is 2. The zero-order valence-electron chi connectivity index (χ0n) is 15.0. The van der Waals surface area contributed by atoms with Crippen LogP contribution in [0.1, 0.15) is 11.1 Å².